The topological polar surface area (TPSA) is 46.6 Å². The van der Waals surface area contributed by atoms with Gasteiger partial charge in [0.15, 0.2) is 5.75 Å². The summed E-state index contributed by atoms with van der Waals surface area (Å²) < 4.78 is 6.14. The van der Waals surface area contributed by atoms with E-state index in [-0.39, 0.29) is 16.8 Å². The molecule has 0 spiro atoms. The van der Waals surface area contributed by atoms with Gasteiger partial charge in [-0.05, 0) is 58.4 Å². The second-order valence-corrected chi connectivity index (χ2v) is 8.28. The van der Waals surface area contributed by atoms with Crippen molar-refractivity contribution in [3.05, 3.63) is 32.8 Å². The number of rotatable bonds is 1. The molecule has 4 rings (SSSR count). The molecule has 1 aromatic carbocycles. The Morgan fingerprint density at radius 2 is 1.60 bits per heavy atom. The fraction of sp³-hybridized carbons (Fsp3) is 0.474. The fourth-order valence-electron chi connectivity index (χ4n) is 3.87. The maximum atomic E-state index is 12.9. The first-order valence-corrected chi connectivity index (χ1v) is 9.36. The molecule has 25 heavy (non-hydrogen) atoms. The van der Waals surface area contributed by atoms with E-state index < -0.39 is 5.60 Å². The summed E-state index contributed by atoms with van der Waals surface area (Å²) in [6.07, 6.45) is 4.68. The Hall–Kier alpha value is -1.52. The van der Waals surface area contributed by atoms with Crippen LogP contribution in [-0.4, -0.2) is 17.4 Å². The smallest absolute Gasteiger partial charge is 0.261 e. The molecule has 0 radical (unpaired) electrons. The lowest BCUT2D eigenvalue weighted by atomic mass is 9.93. The Bertz CT molecular complexity index is 814. The Morgan fingerprint density at radius 1 is 1.00 bits per heavy atom. The van der Waals surface area contributed by atoms with Crippen molar-refractivity contribution < 1.29 is 14.3 Å². The van der Waals surface area contributed by atoms with Gasteiger partial charge in [0, 0.05) is 21.7 Å². The highest BCUT2D eigenvalue weighted by atomic mass is 35.5. The Labute approximate surface area is 156 Å². The number of anilines is 1. The number of carbonyl (C=O) groups excluding carboxylic acids is 2. The minimum Gasteiger partial charge on any atom is -0.485 e. The molecule has 0 bridgehead atoms. The third-order valence-corrected chi connectivity index (χ3v) is 5.85. The standard InChI is InChI=1S/C19H19Cl2NO3/c1-19(2)8-7-12-13(20)9-14(21)15(16(12)25-19)22-17(23)10-5-3-4-6-11(10)18(22)24/h9H,3-8H2,1-2H3. The molecule has 2 heterocycles. The summed E-state index contributed by atoms with van der Waals surface area (Å²) in [5.41, 5.74) is 2.01. The lowest BCUT2D eigenvalue weighted by Crippen LogP contribution is -2.37. The highest BCUT2D eigenvalue weighted by Crippen LogP contribution is 2.50. The average molecular weight is 380 g/mol. The minimum absolute atomic E-state index is 0.266. The van der Waals surface area contributed by atoms with Gasteiger partial charge in [0.1, 0.15) is 11.3 Å². The van der Waals surface area contributed by atoms with Crippen LogP contribution >= 0.6 is 23.2 Å². The quantitative estimate of drug-likeness (QED) is 0.655. The number of hydrogen-bond acceptors (Lipinski definition) is 3. The van der Waals surface area contributed by atoms with Gasteiger partial charge in [0.2, 0.25) is 0 Å². The van der Waals surface area contributed by atoms with Gasteiger partial charge in [-0.15, -0.1) is 0 Å². The first kappa shape index (κ1) is 16.9. The van der Waals surface area contributed by atoms with Crippen molar-refractivity contribution in [2.45, 2.75) is 58.0 Å². The van der Waals surface area contributed by atoms with Gasteiger partial charge in [-0.25, -0.2) is 4.90 Å². The predicted octanol–water partition coefficient (Wildman–Crippen LogP) is 4.84. The number of halogens is 2. The highest BCUT2D eigenvalue weighted by molar-refractivity contribution is 6.41. The third kappa shape index (κ3) is 2.58. The molecule has 0 unspecified atom stereocenters. The minimum atomic E-state index is -0.408. The molecule has 1 aliphatic carbocycles. The van der Waals surface area contributed by atoms with Crippen LogP contribution in [0.1, 0.15) is 51.5 Å². The van der Waals surface area contributed by atoms with Crippen molar-refractivity contribution in [3.63, 3.8) is 0 Å². The van der Waals surface area contributed by atoms with Crippen LogP contribution in [0.4, 0.5) is 5.69 Å². The van der Waals surface area contributed by atoms with E-state index in [0.717, 1.165) is 24.8 Å². The average Bonchev–Trinajstić information content (AvgIpc) is 2.79. The number of hydrogen-bond donors (Lipinski definition) is 0. The number of carbonyl (C=O) groups is 2. The van der Waals surface area contributed by atoms with Gasteiger partial charge in [-0.2, -0.15) is 0 Å². The van der Waals surface area contributed by atoms with Crippen molar-refractivity contribution >= 4 is 40.7 Å². The molecule has 2 amide bonds. The van der Waals surface area contributed by atoms with Gasteiger partial charge < -0.3 is 4.74 Å². The number of fused-ring (bicyclic) bond motifs is 1. The van der Waals surface area contributed by atoms with Crippen LogP contribution in [0.2, 0.25) is 10.0 Å². The van der Waals surface area contributed by atoms with Crippen LogP contribution in [0.15, 0.2) is 17.2 Å². The van der Waals surface area contributed by atoms with Crippen molar-refractivity contribution in [1.29, 1.82) is 0 Å². The first-order valence-electron chi connectivity index (χ1n) is 8.61. The molecular formula is C19H19Cl2NO3. The zero-order valence-corrected chi connectivity index (χ0v) is 15.8. The maximum Gasteiger partial charge on any atom is 0.261 e. The molecule has 132 valence electrons. The van der Waals surface area contributed by atoms with Gasteiger partial charge in [-0.1, -0.05) is 23.2 Å². The molecule has 0 fully saturated rings. The molecule has 4 nitrogen and oxygen atoms in total. The summed E-state index contributed by atoms with van der Waals surface area (Å²) in [5, 5.41) is 0.777. The first-order chi connectivity index (χ1) is 11.8. The maximum absolute atomic E-state index is 12.9. The van der Waals surface area contributed by atoms with E-state index in [1.807, 2.05) is 13.8 Å². The highest BCUT2D eigenvalue weighted by Gasteiger charge is 2.43. The second kappa shape index (κ2) is 5.75. The van der Waals surface area contributed by atoms with Gasteiger partial charge >= 0.3 is 0 Å². The molecule has 2 aliphatic heterocycles. The van der Waals surface area contributed by atoms with Crippen molar-refractivity contribution in [3.8, 4) is 5.75 Å². The predicted molar refractivity (Wildman–Crippen MR) is 97.5 cm³/mol. The van der Waals surface area contributed by atoms with Crippen LogP contribution < -0.4 is 9.64 Å². The number of ether oxygens (including phenoxy) is 1. The van der Waals surface area contributed by atoms with Crippen molar-refractivity contribution in [2.24, 2.45) is 0 Å². The van der Waals surface area contributed by atoms with E-state index in [1.54, 1.807) is 6.07 Å². The van der Waals surface area contributed by atoms with E-state index in [4.69, 9.17) is 27.9 Å². The normalized spacial score (nSPS) is 22.0. The van der Waals surface area contributed by atoms with E-state index in [2.05, 4.69) is 0 Å². The summed E-state index contributed by atoms with van der Waals surface area (Å²) >= 11 is 12.8. The molecule has 0 N–H and O–H groups in total. The van der Waals surface area contributed by atoms with Crippen LogP contribution in [0.5, 0.6) is 5.75 Å². The number of imide groups is 1. The molecule has 0 aromatic heterocycles. The zero-order chi connectivity index (χ0) is 17.9. The van der Waals surface area contributed by atoms with Crippen LogP contribution in [0, 0.1) is 0 Å². The molecule has 0 atom stereocenters. The van der Waals surface area contributed by atoms with Gasteiger partial charge in [0.05, 0.1) is 5.02 Å². The monoisotopic (exact) mass is 379 g/mol. The molecule has 0 saturated carbocycles. The molecular weight excluding hydrogens is 361 g/mol. The summed E-state index contributed by atoms with van der Waals surface area (Å²) in [5.74, 6) is -0.0634. The lowest BCUT2D eigenvalue weighted by molar-refractivity contribution is -0.120. The Morgan fingerprint density at radius 3 is 2.20 bits per heavy atom. The summed E-state index contributed by atoms with van der Waals surface area (Å²) in [6, 6.07) is 1.61. The van der Waals surface area contributed by atoms with Crippen molar-refractivity contribution in [1.82, 2.24) is 0 Å². The molecule has 6 heteroatoms. The fourth-order valence-corrected chi connectivity index (χ4v) is 4.50. The number of amides is 2. The van der Waals surface area contributed by atoms with Crippen LogP contribution in [0.25, 0.3) is 0 Å². The van der Waals surface area contributed by atoms with Crippen molar-refractivity contribution in [2.75, 3.05) is 4.90 Å². The Kier molecular flexibility index (Phi) is 3.89. The summed E-state index contributed by atoms with van der Waals surface area (Å²) in [7, 11) is 0. The third-order valence-electron chi connectivity index (χ3n) is 5.23. The molecule has 3 aliphatic rings. The number of benzene rings is 1. The van der Waals surface area contributed by atoms with Gasteiger partial charge in [0.25, 0.3) is 11.8 Å². The van der Waals surface area contributed by atoms with Gasteiger partial charge in [-0.3, -0.25) is 9.59 Å². The van der Waals surface area contributed by atoms with E-state index in [1.165, 1.54) is 4.90 Å². The SMILES string of the molecule is CC1(C)CCc2c(Cl)cc(Cl)c(N3C(=O)C4=C(CCCC4)C3=O)c2O1. The summed E-state index contributed by atoms with van der Waals surface area (Å²) in [6.45, 7) is 3.96. The van der Waals surface area contributed by atoms with Crippen LogP contribution in [-0.2, 0) is 16.0 Å². The molecule has 0 saturated heterocycles. The second-order valence-electron chi connectivity index (χ2n) is 7.47. The van der Waals surface area contributed by atoms with E-state index >= 15 is 0 Å². The lowest BCUT2D eigenvalue weighted by Gasteiger charge is -2.35. The zero-order valence-electron chi connectivity index (χ0n) is 14.2. The summed E-state index contributed by atoms with van der Waals surface area (Å²) in [4.78, 5) is 27.1. The largest absolute Gasteiger partial charge is 0.485 e. The number of nitrogens with zero attached hydrogens (tertiary/aromatic N) is 1. The van der Waals surface area contributed by atoms with Crippen LogP contribution in [0.3, 0.4) is 0 Å². The van der Waals surface area contributed by atoms with E-state index in [0.29, 0.717) is 46.9 Å². The Balaban J connectivity index is 1.87. The van der Waals surface area contributed by atoms with E-state index in [9.17, 15) is 9.59 Å². The molecule has 1 aromatic rings.